The van der Waals surface area contributed by atoms with Crippen molar-refractivity contribution in [3.8, 4) is 5.69 Å². The molecule has 3 aromatic rings. The van der Waals surface area contributed by atoms with Gasteiger partial charge in [0, 0.05) is 7.05 Å². The van der Waals surface area contributed by atoms with Crippen LogP contribution in [0.25, 0.3) is 15.9 Å². The number of hydrogen-bond acceptors (Lipinski definition) is 4. The van der Waals surface area contributed by atoms with Gasteiger partial charge in [-0.2, -0.15) is 5.10 Å². The third kappa shape index (κ3) is 1.50. The van der Waals surface area contributed by atoms with E-state index in [0.29, 0.717) is 10.2 Å². The summed E-state index contributed by atoms with van der Waals surface area (Å²) in [7, 11) is 1.57. The molecule has 2 aromatic heterocycles. The van der Waals surface area contributed by atoms with E-state index in [9.17, 15) is 9.59 Å². The van der Waals surface area contributed by atoms with Crippen LogP contribution in [0.1, 0.15) is 0 Å². The molecular formula is C12H9N3O2S. The second-order valence-electron chi connectivity index (χ2n) is 3.83. The van der Waals surface area contributed by atoms with Gasteiger partial charge in [-0.15, -0.1) is 0 Å². The van der Waals surface area contributed by atoms with Crippen LogP contribution in [-0.2, 0) is 7.05 Å². The number of nitrogens with zero attached hydrogens (tertiary/aromatic N) is 3. The minimum atomic E-state index is -0.246. The highest BCUT2D eigenvalue weighted by Crippen LogP contribution is 2.16. The van der Waals surface area contributed by atoms with Gasteiger partial charge in [0.2, 0.25) is 0 Å². The van der Waals surface area contributed by atoms with Crippen molar-refractivity contribution in [3.63, 3.8) is 0 Å². The van der Waals surface area contributed by atoms with E-state index >= 15 is 0 Å². The number of aryl methyl sites for hydroxylation is 1. The summed E-state index contributed by atoms with van der Waals surface area (Å²) < 4.78 is 3.17. The first-order valence-electron chi connectivity index (χ1n) is 5.32. The van der Waals surface area contributed by atoms with Crippen LogP contribution in [0.4, 0.5) is 0 Å². The van der Waals surface area contributed by atoms with Crippen molar-refractivity contribution in [2.24, 2.45) is 7.05 Å². The number of thiazole rings is 1. The zero-order valence-corrected chi connectivity index (χ0v) is 10.3. The maximum Gasteiger partial charge on any atom is 0.312 e. The Labute approximate surface area is 106 Å². The molecule has 0 aliphatic carbocycles. The maximum atomic E-state index is 12.0. The molecule has 90 valence electrons. The Hall–Kier alpha value is -2.21. The second kappa shape index (κ2) is 3.92. The second-order valence-corrected chi connectivity index (χ2v) is 4.79. The number of benzene rings is 1. The Morgan fingerprint density at radius 3 is 2.61 bits per heavy atom. The van der Waals surface area contributed by atoms with E-state index in [0.717, 1.165) is 17.0 Å². The predicted octanol–water partition coefficient (Wildman–Crippen LogP) is 1.15. The van der Waals surface area contributed by atoms with E-state index in [-0.39, 0.29) is 10.4 Å². The van der Waals surface area contributed by atoms with Crippen LogP contribution in [0.5, 0.6) is 0 Å². The highest BCUT2D eigenvalue weighted by molar-refractivity contribution is 7.16. The summed E-state index contributed by atoms with van der Waals surface area (Å²) in [6.07, 6.45) is 1.54. The van der Waals surface area contributed by atoms with Gasteiger partial charge in [0.15, 0.2) is 0 Å². The molecule has 0 spiro atoms. The molecule has 0 saturated carbocycles. The molecule has 0 unspecified atom stereocenters. The maximum absolute atomic E-state index is 12.0. The SMILES string of the molecule is Cn1ncc2c(sc(=O)n2-c2ccccc2)c1=O. The average Bonchev–Trinajstić information content (AvgIpc) is 2.72. The van der Waals surface area contributed by atoms with Crippen molar-refractivity contribution in [2.75, 3.05) is 0 Å². The number of hydrogen-bond donors (Lipinski definition) is 0. The van der Waals surface area contributed by atoms with Crippen molar-refractivity contribution < 1.29 is 0 Å². The normalized spacial score (nSPS) is 10.9. The van der Waals surface area contributed by atoms with Crippen LogP contribution >= 0.6 is 11.3 Å². The van der Waals surface area contributed by atoms with Gasteiger partial charge in [-0.25, -0.2) is 4.68 Å². The lowest BCUT2D eigenvalue weighted by molar-refractivity contribution is 0.717. The molecule has 18 heavy (non-hydrogen) atoms. The van der Waals surface area contributed by atoms with Gasteiger partial charge in [-0.3, -0.25) is 14.2 Å². The van der Waals surface area contributed by atoms with E-state index in [1.165, 1.54) is 9.25 Å². The zero-order valence-electron chi connectivity index (χ0n) is 9.53. The Balaban J connectivity index is 2.45. The first-order chi connectivity index (χ1) is 8.68. The highest BCUT2D eigenvalue weighted by atomic mass is 32.1. The van der Waals surface area contributed by atoms with Crippen molar-refractivity contribution in [3.05, 3.63) is 56.5 Å². The lowest BCUT2D eigenvalue weighted by Gasteiger charge is -2.02. The number of rotatable bonds is 1. The summed E-state index contributed by atoms with van der Waals surface area (Å²) in [6.45, 7) is 0. The summed E-state index contributed by atoms with van der Waals surface area (Å²) in [5.41, 5.74) is 1.05. The van der Waals surface area contributed by atoms with E-state index in [1.54, 1.807) is 13.2 Å². The van der Waals surface area contributed by atoms with Gasteiger partial charge in [0.25, 0.3) is 5.56 Å². The van der Waals surface area contributed by atoms with E-state index in [4.69, 9.17) is 0 Å². The smallest absolute Gasteiger partial charge is 0.266 e. The van der Waals surface area contributed by atoms with Crippen molar-refractivity contribution in [1.82, 2.24) is 14.3 Å². The van der Waals surface area contributed by atoms with Gasteiger partial charge in [-0.05, 0) is 12.1 Å². The zero-order chi connectivity index (χ0) is 12.7. The van der Waals surface area contributed by atoms with Crippen LogP contribution < -0.4 is 10.4 Å². The van der Waals surface area contributed by atoms with E-state index in [2.05, 4.69) is 5.10 Å². The largest absolute Gasteiger partial charge is 0.312 e. The Kier molecular flexibility index (Phi) is 2.38. The molecule has 0 N–H and O–H groups in total. The molecule has 0 radical (unpaired) electrons. The molecule has 0 amide bonds. The summed E-state index contributed by atoms with van der Waals surface area (Å²) in [6, 6.07) is 9.22. The molecular weight excluding hydrogens is 250 g/mol. The molecule has 6 heteroatoms. The highest BCUT2D eigenvalue weighted by Gasteiger charge is 2.12. The minimum absolute atomic E-state index is 0.179. The quantitative estimate of drug-likeness (QED) is 0.658. The number of para-hydroxylation sites is 1. The minimum Gasteiger partial charge on any atom is -0.266 e. The van der Waals surface area contributed by atoms with Gasteiger partial charge in [0.05, 0.1) is 17.4 Å². The third-order valence-electron chi connectivity index (χ3n) is 2.70. The Morgan fingerprint density at radius 2 is 1.89 bits per heavy atom. The summed E-state index contributed by atoms with van der Waals surface area (Å²) in [5.74, 6) is 0. The fourth-order valence-corrected chi connectivity index (χ4v) is 2.75. The molecule has 0 aliphatic rings. The van der Waals surface area contributed by atoms with E-state index < -0.39 is 0 Å². The topological polar surface area (TPSA) is 56.9 Å². The summed E-state index contributed by atoms with van der Waals surface area (Å²) in [4.78, 5) is 23.7. The molecule has 1 aromatic carbocycles. The Morgan fingerprint density at radius 1 is 1.17 bits per heavy atom. The fraction of sp³-hybridized carbons (Fsp3) is 0.0833. The molecule has 0 bridgehead atoms. The molecule has 0 fully saturated rings. The number of aromatic nitrogens is 3. The number of fused-ring (bicyclic) bond motifs is 1. The van der Waals surface area contributed by atoms with Gasteiger partial charge in [0.1, 0.15) is 4.70 Å². The lowest BCUT2D eigenvalue weighted by Crippen LogP contribution is -2.18. The van der Waals surface area contributed by atoms with Gasteiger partial charge >= 0.3 is 4.87 Å². The molecule has 3 rings (SSSR count). The Bertz CT molecular complexity index is 830. The first kappa shape index (κ1) is 10.9. The molecule has 0 atom stereocenters. The van der Waals surface area contributed by atoms with Crippen molar-refractivity contribution in [1.29, 1.82) is 0 Å². The van der Waals surface area contributed by atoms with Crippen LogP contribution in [-0.4, -0.2) is 14.3 Å². The average molecular weight is 259 g/mol. The van der Waals surface area contributed by atoms with Crippen molar-refractivity contribution in [2.45, 2.75) is 0 Å². The predicted molar refractivity (Wildman–Crippen MR) is 70.5 cm³/mol. The van der Waals surface area contributed by atoms with Gasteiger partial charge in [-0.1, -0.05) is 29.5 Å². The van der Waals surface area contributed by atoms with E-state index in [1.807, 2.05) is 30.3 Å². The summed E-state index contributed by atoms with van der Waals surface area (Å²) >= 11 is 0.948. The standard InChI is InChI=1S/C12H9N3O2S/c1-14-11(16)10-9(7-13-14)15(12(17)18-10)8-5-3-2-4-6-8/h2-7H,1H3. The van der Waals surface area contributed by atoms with Crippen LogP contribution in [0, 0.1) is 0 Å². The van der Waals surface area contributed by atoms with Crippen LogP contribution in [0.2, 0.25) is 0 Å². The third-order valence-corrected chi connectivity index (χ3v) is 3.65. The molecule has 0 aliphatic heterocycles. The first-order valence-corrected chi connectivity index (χ1v) is 6.13. The molecule has 2 heterocycles. The van der Waals surface area contributed by atoms with Crippen LogP contribution in [0.3, 0.4) is 0 Å². The monoisotopic (exact) mass is 259 g/mol. The van der Waals surface area contributed by atoms with Crippen molar-refractivity contribution >= 4 is 21.6 Å². The van der Waals surface area contributed by atoms with Gasteiger partial charge < -0.3 is 0 Å². The molecule has 0 saturated heterocycles. The summed E-state index contributed by atoms with van der Waals surface area (Å²) in [5, 5.41) is 3.96. The van der Waals surface area contributed by atoms with Crippen LogP contribution in [0.15, 0.2) is 46.1 Å². The molecule has 5 nitrogen and oxygen atoms in total. The lowest BCUT2D eigenvalue weighted by atomic mass is 10.3. The fourth-order valence-electron chi connectivity index (χ4n) is 1.82.